The van der Waals surface area contributed by atoms with Gasteiger partial charge in [-0.2, -0.15) is 0 Å². The molecule has 3 rings (SSSR count). The monoisotopic (exact) mass is 402 g/mol. The predicted molar refractivity (Wildman–Crippen MR) is 115 cm³/mol. The number of sulfone groups is 1. The molecule has 3 atom stereocenters. The summed E-state index contributed by atoms with van der Waals surface area (Å²) in [7, 11) is -3.30. The van der Waals surface area contributed by atoms with Crippen molar-refractivity contribution < 1.29 is 8.42 Å². The lowest BCUT2D eigenvalue weighted by atomic mass is 9.70. The summed E-state index contributed by atoms with van der Waals surface area (Å²) in [6, 6.07) is 18.0. The van der Waals surface area contributed by atoms with E-state index in [-0.39, 0.29) is 22.3 Å². The molecule has 0 bridgehead atoms. The molecule has 0 saturated carbocycles. The van der Waals surface area contributed by atoms with Crippen molar-refractivity contribution in [1.82, 2.24) is 0 Å². The maximum atomic E-state index is 13.4. The van der Waals surface area contributed by atoms with Gasteiger partial charge in [-0.25, -0.2) is 8.42 Å². The average molecular weight is 403 g/mol. The van der Waals surface area contributed by atoms with Gasteiger partial charge in [0, 0.05) is 10.1 Å². The highest BCUT2D eigenvalue weighted by Gasteiger charge is 2.47. The Labute approximate surface area is 168 Å². The number of hydrogen-bond donors (Lipinski definition) is 0. The zero-order valence-corrected chi connectivity index (χ0v) is 18.2. The first-order valence-electron chi connectivity index (χ1n) is 9.97. The Bertz CT molecular complexity index is 861. The van der Waals surface area contributed by atoms with Crippen LogP contribution >= 0.6 is 11.8 Å². The molecule has 0 saturated heterocycles. The van der Waals surface area contributed by atoms with Crippen LogP contribution in [0.5, 0.6) is 0 Å². The molecule has 0 aliphatic carbocycles. The fraction of sp³-hybridized carbons (Fsp3) is 0.478. The van der Waals surface area contributed by atoms with Crippen molar-refractivity contribution in [3.63, 3.8) is 0 Å². The molecule has 2 aromatic carbocycles. The Balaban J connectivity index is 2.14. The highest BCUT2D eigenvalue weighted by molar-refractivity contribution is 7.99. The zero-order chi connectivity index (χ0) is 19.5. The van der Waals surface area contributed by atoms with Crippen molar-refractivity contribution in [3.05, 3.63) is 60.2 Å². The lowest BCUT2D eigenvalue weighted by molar-refractivity contribution is 0.172. The maximum Gasteiger partial charge on any atom is 0.179 e. The lowest BCUT2D eigenvalue weighted by Crippen LogP contribution is -2.36. The molecular weight excluding hydrogens is 372 g/mol. The summed E-state index contributed by atoms with van der Waals surface area (Å²) < 4.78 is 26.7. The van der Waals surface area contributed by atoms with Crippen LogP contribution in [-0.4, -0.2) is 14.2 Å². The van der Waals surface area contributed by atoms with Crippen molar-refractivity contribution in [3.8, 4) is 0 Å². The summed E-state index contributed by atoms with van der Waals surface area (Å²) in [6.45, 7) is 6.63. The molecule has 0 aromatic heterocycles. The van der Waals surface area contributed by atoms with E-state index in [1.54, 1.807) is 0 Å². The molecule has 2 nitrogen and oxygen atoms in total. The standard InChI is InChI=1S/C23H30O2S2/c1-4-6-16-23(5-2)17-27(24,25)21-15-11-10-14-20(21)22(18(23)3)26-19-12-8-7-9-13-19/h7-15,18,22H,4-6,16-17H2,1-3H3/t18?,22?,23-/m1/s1. The first-order chi connectivity index (χ1) is 12.9. The maximum absolute atomic E-state index is 13.4. The highest BCUT2D eigenvalue weighted by atomic mass is 32.2. The van der Waals surface area contributed by atoms with Crippen molar-refractivity contribution in [2.24, 2.45) is 11.3 Å². The van der Waals surface area contributed by atoms with Crippen LogP contribution in [0.1, 0.15) is 57.3 Å². The van der Waals surface area contributed by atoms with Gasteiger partial charge in [0.25, 0.3) is 0 Å². The Morgan fingerprint density at radius 2 is 1.70 bits per heavy atom. The van der Waals surface area contributed by atoms with E-state index in [0.29, 0.717) is 4.90 Å². The molecule has 2 unspecified atom stereocenters. The van der Waals surface area contributed by atoms with Crippen LogP contribution in [0.3, 0.4) is 0 Å². The smallest absolute Gasteiger partial charge is 0.179 e. The Morgan fingerprint density at radius 1 is 1.04 bits per heavy atom. The lowest BCUT2D eigenvalue weighted by Gasteiger charge is -2.40. The van der Waals surface area contributed by atoms with Gasteiger partial charge in [0.1, 0.15) is 0 Å². The first kappa shape index (κ1) is 20.5. The molecule has 0 N–H and O–H groups in total. The van der Waals surface area contributed by atoms with Gasteiger partial charge in [0.15, 0.2) is 9.84 Å². The van der Waals surface area contributed by atoms with Gasteiger partial charge >= 0.3 is 0 Å². The summed E-state index contributed by atoms with van der Waals surface area (Å²) in [5.41, 5.74) is 0.797. The molecule has 1 aliphatic heterocycles. The van der Waals surface area contributed by atoms with Crippen LogP contribution < -0.4 is 0 Å². The second-order valence-electron chi connectivity index (χ2n) is 7.76. The number of unbranched alkanes of at least 4 members (excludes halogenated alkanes) is 1. The molecule has 0 spiro atoms. The van der Waals surface area contributed by atoms with Crippen molar-refractivity contribution in [2.75, 3.05) is 5.75 Å². The second-order valence-corrected chi connectivity index (χ2v) is 10.9. The highest BCUT2D eigenvalue weighted by Crippen LogP contribution is 2.55. The van der Waals surface area contributed by atoms with Gasteiger partial charge in [-0.05, 0) is 47.9 Å². The SMILES string of the molecule is CCCC[C@]1(CC)CS(=O)(=O)c2ccccc2C(Sc2ccccc2)C1C. The van der Waals surface area contributed by atoms with E-state index < -0.39 is 9.84 Å². The van der Waals surface area contributed by atoms with Crippen molar-refractivity contribution in [2.45, 2.75) is 61.5 Å². The quantitative estimate of drug-likeness (QED) is 0.551. The fourth-order valence-electron chi connectivity index (χ4n) is 4.42. The number of benzene rings is 2. The van der Waals surface area contributed by atoms with Crippen molar-refractivity contribution in [1.29, 1.82) is 0 Å². The summed E-state index contributed by atoms with van der Waals surface area (Å²) in [4.78, 5) is 1.74. The third-order valence-electron chi connectivity index (χ3n) is 6.20. The minimum absolute atomic E-state index is 0.137. The molecule has 0 radical (unpaired) electrons. The Kier molecular flexibility index (Phi) is 6.37. The molecule has 1 aliphatic rings. The number of rotatable bonds is 6. The van der Waals surface area contributed by atoms with Gasteiger partial charge in [0.2, 0.25) is 0 Å². The Morgan fingerprint density at radius 3 is 2.37 bits per heavy atom. The van der Waals surface area contributed by atoms with Gasteiger partial charge in [-0.3, -0.25) is 0 Å². The molecule has 27 heavy (non-hydrogen) atoms. The van der Waals surface area contributed by atoms with Gasteiger partial charge in [0.05, 0.1) is 10.6 Å². The van der Waals surface area contributed by atoms with Crippen LogP contribution in [0.2, 0.25) is 0 Å². The minimum Gasteiger partial charge on any atom is -0.224 e. The Hall–Kier alpha value is -1.26. The van der Waals surface area contributed by atoms with Crippen LogP contribution in [0.25, 0.3) is 0 Å². The van der Waals surface area contributed by atoms with E-state index in [9.17, 15) is 8.42 Å². The molecular formula is C23H30O2S2. The number of hydrogen-bond acceptors (Lipinski definition) is 3. The van der Waals surface area contributed by atoms with Crippen molar-refractivity contribution >= 4 is 21.6 Å². The summed E-state index contributed by atoms with van der Waals surface area (Å²) in [5, 5.41) is 0.137. The minimum atomic E-state index is -3.30. The summed E-state index contributed by atoms with van der Waals surface area (Å²) in [5.74, 6) is 0.540. The second kappa shape index (κ2) is 8.40. The third-order valence-corrected chi connectivity index (χ3v) is 9.65. The van der Waals surface area contributed by atoms with Crippen LogP contribution in [0, 0.1) is 11.3 Å². The number of thioether (sulfide) groups is 1. The van der Waals surface area contributed by atoms with Gasteiger partial charge in [-0.1, -0.05) is 70.0 Å². The van der Waals surface area contributed by atoms with E-state index >= 15 is 0 Å². The molecule has 146 valence electrons. The normalized spacial score (nSPS) is 26.9. The van der Waals surface area contributed by atoms with E-state index in [1.165, 1.54) is 4.90 Å². The fourth-order valence-corrected chi connectivity index (χ4v) is 8.29. The van der Waals surface area contributed by atoms with Gasteiger partial charge in [-0.15, -0.1) is 11.8 Å². The van der Waals surface area contributed by atoms with E-state index in [2.05, 4.69) is 45.0 Å². The predicted octanol–water partition coefficient (Wildman–Crippen LogP) is 6.53. The third kappa shape index (κ3) is 4.12. The topological polar surface area (TPSA) is 34.1 Å². The van der Waals surface area contributed by atoms with Crippen LogP contribution in [0.15, 0.2) is 64.4 Å². The van der Waals surface area contributed by atoms with Crippen LogP contribution in [0.4, 0.5) is 0 Å². The number of fused-ring (bicyclic) bond motifs is 1. The first-order valence-corrected chi connectivity index (χ1v) is 12.5. The van der Waals surface area contributed by atoms with E-state index in [1.807, 2.05) is 42.1 Å². The van der Waals surface area contributed by atoms with Gasteiger partial charge < -0.3 is 0 Å². The average Bonchev–Trinajstić information content (AvgIpc) is 2.75. The molecule has 0 amide bonds. The molecule has 4 heteroatoms. The zero-order valence-electron chi connectivity index (χ0n) is 16.5. The molecule has 1 heterocycles. The molecule has 2 aromatic rings. The van der Waals surface area contributed by atoms with E-state index in [4.69, 9.17) is 0 Å². The largest absolute Gasteiger partial charge is 0.224 e. The summed E-state index contributed by atoms with van der Waals surface area (Å²) in [6.07, 6.45) is 4.04. The van der Waals surface area contributed by atoms with E-state index in [0.717, 1.165) is 31.2 Å². The summed E-state index contributed by atoms with van der Waals surface area (Å²) >= 11 is 1.82. The molecule has 0 fully saturated rings. The van der Waals surface area contributed by atoms with Crippen LogP contribution in [-0.2, 0) is 9.84 Å².